The van der Waals surface area contributed by atoms with Crippen LogP contribution in [0.5, 0.6) is 0 Å². The molecule has 0 fully saturated rings. The van der Waals surface area contributed by atoms with Gasteiger partial charge in [0.25, 0.3) is 0 Å². The van der Waals surface area contributed by atoms with Crippen molar-refractivity contribution in [2.24, 2.45) is 0 Å². The van der Waals surface area contributed by atoms with Crippen molar-refractivity contribution >= 4 is 39.5 Å². The molecule has 4 nitrogen and oxygen atoms in total. The zero-order valence-electron chi connectivity index (χ0n) is 9.71. The minimum Gasteiger partial charge on any atom is -0.295 e. The molecule has 0 aromatic carbocycles. The maximum atomic E-state index is 5.30. The van der Waals surface area contributed by atoms with Crippen LogP contribution < -0.4 is 0 Å². The molecule has 0 spiro atoms. The fourth-order valence-corrected chi connectivity index (χ4v) is 3.44. The normalized spacial score (nSPS) is 10.8. The molecule has 1 N–H and O–H groups in total. The molecule has 7 heteroatoms. The first kappa shape index (κ1) is 12.7. The number of nitrogens with zero attached hydrogens (tertiary/aromatic N) is 3. The van der Waals surface area contributed by atoms with Gasteiger partial charge < -0.3 is 0 Å². The number of H-pyrrole nitrogens is 1. The largest absolute Gasteiger partial charge is 0.295 e. The second-order valence-electron chi connectivity index (χ2n) is 3.89. The Labute approximate surface area is 127 Å². The van der Waals surface area contributed by atoms with Crippen LogP contribution in [0.25, 0.3) is 11.4 Å². The van der Waals surface area contributed by atoms with Crippen LogP contribution in [0.3, 0.4) is 0 Å². The Bertz CT molecular complexity index is 744. The minimum atomic E-state index is 0.614. The van der Waals surface area contributed by atoms with Gasteiger partial charge in [0.2, 0.25) is 0 Å². The SMILES string of the molecule is S=c1[nH]nc(-c2cccnc2)n1Cc1ccc(Br)s1. The number of aromatic amines is 1. The summed E-state index contributed by atoms with van der Waals surface area (Å²) in [6, 6.07) is 7.97. The van der Waals surface area contributed by atoms with Gasteiger partial charge in [0.1, 0.15) is 0 Å². The average Bonchev–Trinajstić information content (AvgIpc) is 2.99. The zero-order valence-corrected chi connectivity index (χ0v) is 12.9. The van der Waals surface area contributed by atoms with Crippen LogP contribution in [0.1, 0.15) is 4.88 Å². The molecule has 3 heterocycles. The molecule has 0 aliphatic rings. The van der Waals surface area contributed by atoms with Crippen LogP contribution in [-0.4, -0.2) is 19.7 Å². The number of hydrogen-bond donors (Lipinski definition) is 1. The third kappa shape index (κ3) is 2.68. The highest BCUT2D eigenvalue weighted by Crippen LogP contribution is 2.24. The molecule has 0 saturated carbocycles. The lowest BCUT2D eigenvalue weighted by Gasteiger charge is -2.04. The fraction of sp³-hybridized carbons (Fsp3) is 0.0833. The number of hydrogen-bond acceptors (Lipinski definition) is 4. The number of rotatable bonds is 3. The maximum Gasteiger partial charge on any atom is 0.195 e. The van der Waals surface area contributed by atoms with Crippen molar-refractivity contribution in [1.29, 1.82) is 0 Å². The Morgan fingerprint density at radius 1 is 1.37 bits per heavy atom. The fourth-order valence-electron chi connectivity index (χ4n) is 1.77. The molecule has 3 aromatic heterocycles. The quantitative estimate of drug-likeness (QED) is 0.727. The standard InChI is InChI=1S/C12H9BrN4S2/c13-10-4-3-9(19-10)7-17-11(15-16-12(17)18)8-2-1-5-14-6-8/h1-6H,7H2,(H,16,18). The van der Waals surface area contributed by atoms with Crippen molar-refractivity contribution < 1.29 is 0 Å². The summed E-state index contributed by atoms with van der Waals surface area (Å²) >= 11 is 10.5. The van der Waals surface area contributed by atoms with Gasteiger partial charge in [0, 0.05) is 22.8 Å². The summed E-state index contributed by atoms with van der Waals surface area (Å²) in [7, 11) is 0. The molecule has 0 aliphatic carbocycles. The number of aromatic nitrogens is 4. The highest BCUT2D eigenvalue weighted by molar-refractivity contribution is 9.11. The van der Waals surface area contributed by atoms with E-state index in [0.717, 1.165) is 15.2 Å². The second-order valence-corrected chi connectivity index (χ2v) is 6.82. The lowest BCUT2D eigenvalue weighted by molar-refractivity contribution is 0.802. The van der Waals surface area contributed by atoms with E-state index >= 15 is 0 Å². The molecular formula is C12H9BrN4S2. The Kier molecular flexibility index (Phi) is 3.58. The van der Waals surface area contributed by atoms with E-state index in [1.807, 2.05) is 22.8 Å². The van der Waals surface area contributed by atoms with Crippen molar-refractivity contribution in [2.45, 2.75) is 6.54 Å². The molecule has 3 rings (SSSR count). The third-order valence-electron chi connectivity index (χ3n) is 2.62. The first-order valence-electron chi connectivity index (χ1n) is 5.54. The highest BCUT2D eigenvalue weighted by Gasteiger charge is 2.10. The van der Waals surface area contributed by atoms with E-state index in [2.05, 4.69) is 37.2 Å². The molecule has 0 atom stereocenters. The lowest BCUT2D eigenvalue weighted by Crippen LogP contribution is -2.01. The van der Waals surface area contributed by atoms with Gasteiger partial charge in [-0.2, -0.15) is 5.10 Å². The molecule has 3 aromatic rings. The summed E-state index contributed by atoms with van der Waals surface area (Å²) in [5.41, 5.74) is 0.950. The zero-order chi connectivity index (χ0) is 13.2. The molecule has 19 heavy (non-hydrogen) atoms. The Morgan fingerprint density at radius 2 is 2.26 bits per heavy atom. The molecular weight excluding hydrogens is 344 g/mol. The van der Waals surface area contributed by atoms with Crippen LogP contribution in [-0.2, 0) is 6.54 Å². The van der Waals surface area contributed by atoms with Crippen LogP contribution in [0.4, 0.5) is 0 Å². The average molecular weight is 353 g/mol. The topological polar surface area (TPSA) is 46.5 Å². The van der Waals surface area contributed by atoms with Gasteiger partial charge in [-0.15, -0.1) is 11.3 Å². The van der Waals surface area contributed by atoms with Gasteiger partial charge in [-0.25, -0.2) is 0 Å². The monoisotopic (exact) mass is 352 g/mol. The van der Waals surface area contributed by atoms with E-state index in [1.165, 1.54) is 4.88 Å². The summed E-state index contributed by atoms with van der Waals surface area (Å²) in [4.78, 5) is 5.33. The van der Waals surface area contributed by atoms with E-state index in [1.54, 1.807) is 23.7 Å². The molecule has 0 aliphatic heterocycles. The molecule has 0 unspecified atom stereocenters. The first-order valence-corrected chi connectivity index (χ1v) is 7.55. The Balaban J connectivity index is 2.02. The second kappa shape index (κ2) is 5.36. The summed E-state index contributed by atoms with van der Waals surface area (Å²) < 4.78 is 3.70. The summed E-state index contributed by atoms with van der Waals surface area (Å²) in [6.45, 7) is 0.704. The van der Waals surface area contributed by atoms with E-state index in [-0.39, 0.29) is 0 Å². The molecule has 0 radical (unpaired) electrons. The van der Waals surface area contributed by atoms with E-state index in [9.17, 15) is 0 Å². The van der Waals surface area contributed by atoms with Crippen molar-refractivity contribution in [3.8, 4) is 11.4 Å². The van der Waals surface area contributed by atoms with Crippen molar-refractivity contribution in [1.82, 2.24) is 19.7 Å². The predicted octanol–water partition coefficient (Wildman–Crippen LogP) is 3.87. The van der Waals surface area contributed by atoms with Crippen molar-refractivity contribution in [2.75, 3.05) is 0 Å². The van der Waals surface area contributed by atoms with E-state index < -0.39 is 0 Å². The molecule has 96 valence electrons. The number of halogens is 1. The van der Waals surface area contributed by atoms with Gasteiger partial charge in [0.15, 0.2) is 10.6 Å². The molecule has 0 bridgehead atoms. The molecule has 0 saturated heterocycles. The summed E-state index contributed by atoms with van der Waals surface area (Å²) in [5.74, 6) is 0.808. The number of thiophene rings is 1. The Hall–Kier alpha value is -1.31. The van der Waals surface area contributed by atoms with Crippen LogP contribution in [0, 0.1) is 4.77 Å². The maximum absolute atomic E-state index is 5.30. The van der Waals surface area contributed by atoms with Gasteiger partial charge in [-0.3, -0.25) is 14.6 Å². The van der Waals surface area contributed by atoms with E-state index in [4.69, 9.17) is 12.2 Å². The first-order chi connectivity index (χ1) is 9.24. The van der Waals surface area contributed by atoms with Gasteiger partial charge >= 0.3 is 0 Å². The summed E-state index contributed by atoms with van der Waals surface area (Å²) in [6.07, 6.45) is 3.53. The van der Waals surface area contributed by atoms with Gasteiger partial charge in [-0.05, 0) is 52.4 Å². The van der Waals surface area contributed by atoms with Crippen molar-refractivity contribution in [3.63, 3.8) is 0 Å². The van der Waals surface area contributed by atoms with Gasteiger partial charge in [0.05, 0.1) is 10.3 Å². The van der Waals surface area contributed by atoms with Crippen LogP contribution in [0.2, 0.25) is 0 Å². The summed E-state index contributed by atoms with van der Waals surface area (Å²) in [5, 5.41) is 7.13. The number of nitrogens with one attached hydrogen (secondary N) is 1. The van der Waals surface area contributed by atoms with E-state index in [0.29, 0.717) is 11.3 Å². The van der Waals surface area contributed by atoms with Crippen molar-refractivity contribution in [3.05, 3.63) is 50.1 Å². The minimum absolute atomic E-state index is 0.614. The Morgan fingerprint density at radius 3 is 2.95 bits per heavy atom. The van der Waals surface area contributed by atoms with Gasteiger partial charge in [-0.1, -0.05) is 0 Å². The highest BCUT2D eigenvalue weighted by atomic mass is 79.9. The van der Waals surface area contributed by atoms with Crippen LogP contribution in [0.15, 0.2) is 40.4 Å². The molecule has 0 amide bonds. The predicted molar refractivity (Wildman–Crippen MR) is 81.8 cm³/mol. The van der Waals surface area contributed by atoms with Crippen LogP contribution >= 0.6 is 39.5 Å². The number of pyridine rings is 1. The third-order valence-corrected chi connectivity index (χ3v) is 4.54. The lowest BCUT2D eigenvalue weighted by atomic mass is 10.2. The smallest absolute Gasteiger partial charge is 0.195 e.